The SMILES string of the molecule is COCC(C)OCC(C)OCC(C)OCC(C)N. The van der Waals surface area contributed by atoms with Gasteiger partial charge in [0.15, 0.2) is 0 Å². The van der Waals surface area contributed by atoms with Crippen LogP contribution in [0.25, 0.3) is 0 Å². The summed E-state index contributed by atoms with van der Waals surface area (Å²) in [6, 6.07) is 0.0584. The van der Waals surface area contributed by atoms with Crippen molar-refractivity contribution in [3.05, 3.63) is 0 Å². The molecule has 0 spiro atoms. The summed E-state index contributed by atoms with van der Waals surface area (Å²) in [4.78, 5) is 0. The van der Waals surface area contributed by atoms with Gasteiger partial charge in [0.2, 0.25) is 0 Å². The standard InChI is InChI=1S/C13H29NO4/c1-10(14)6-16-12(3)8-18-13(4)9-17-11(2)7-15-5/h10-13H,6-9,14H2,1-5H3. The van der Waals surface area contributed by atoms with Gasteiger partial charge in [-0.1, -0.05) is 0 Å². The highest BCUT2D eigenvalue weighted by atomic mass is 16.6. The third kappa shape index (κ3) is 10.9. The second-order valence-corrected chi connectivity index (χ2v) is 4.86. The highest BCUT2D eigenvalue weighted by molar-refractivity contribution is 4.56. The number of methoxy groups -OCH3 is 1. The third-order valence-corrected chi connectivity index (χ3v) is 2.28. The van der Waals surface area contributed by atoms with Crippen LogP contribution in [0.15, 0.2) is 0 Å². The first kappa shape index (κ1) is 17.8. The predicted molar refractivity (Wildman–Crippen MR) is 71.8 cm³/mol. The lowest BCUT2D eigenvalue weighted by Crippen LogP contribution is -2.29. The first-order chi connectivity index (χ1) is 8.45. The van der Waals surface area contributed by atoms with E-state index in [0.717, 1.165) is 0 Å². The van der Waals surface area contributed by atoms with Crippen molar-refractivity contribution in [1.82, 2.24) is 0 Å². The highest BCUT2D eigenvalue weighted by Gasteiger charge is 2.10. The van der Waals surface area contributed by atoms with Crippen molar-refractivity contribution >= 4 is 0 Å². The molecule has 0 radical (unpaired) electrons. The van der Waals surface area contributed by atoms with Gasteiger partial charge in [0.05, 0.1) is 44.7 Å². The smallest absolute Gasteiger partial charge is 0.0781 e. The van der Waals surface area contributed by atoms with Gasteiger partial charge in [-0.25, -0.2) is 0 Å². The number of rotatable bonds is 11. The third-order valence-electron chi connectivity index (χ3n) is 2.28. The van der Waals surface area contributed by atoms with E-state index in [1.807, 2.05) is 27.7 Å². The Kier molecular flexibility index (Phi) is 10.6. The molecule has 0 aromatic rings. The summed E-state index contributed by atoms with van der Waals surface area (Å²) in [5, 5.41) is 0. The Bertz CT molecular complexity index is 190. The lowest BCUT2D eigenvalue weighted by molar-refractivity contribution is -0.0777. The summed E-state index contributed by atoms with van der Waals surface area (Å²) in [7, 11) is 1.66. The van der Waals surface area contributed by atoms with Crippen LogP contribution in [0.2, 0.25) is 0 Å². The van der Waals surface area contributed by atoms with Crippen molar-refractivity contribution < 1.29 is 18.9 Å². The second-order valence-electron chi connectivity index (χ2n) is 4.86. The van der Waals surface area contributed by atoms with E-state index in [0.29, 0.717) is 26.4 Å². The molecule has 0 aliphatic rings. The molecule has 5 nitrogen and oxygen atoms in total. The maximum atomic E-state index is 5.63. The van der Waals surface area contributed by atoms with Gasteiger partial charge in [-0.05, 0) is 27.7 Å². The normalized spacial score (nSPS) is 18.3. The molecule has 0 saturated carbocycles. The molecule has 4 unspecified atom stereocenters. The zero-order valence-electron chi connectivity index (χ0n) is 12.3. The quantitative estimate of drug-likeness (QED) is 0.607. The molecule has 0 fully saturated rings. The van der Waals surface area contributed by atoms with Gasteiger partial charge in [0.1, 0.15) is 0 Å². The average molecular weight is 263 g/mol. The van der Waals surface area contributed by atoms with Crippen LogP contribution in [-0.4, -0.2) is 57.9 Å². The molecular weight excluding hydrogens is 234 g/mol. The van der Waals surface area contributed by atoms with Crippen LogP contribution in [0.1, 0.15) is 27.7 Å². The van der Waals surface area contributed by atoms with E-state index >= 15 is 0 Å². The van der Waals surface area contributed by atoms with E-state index in [1.165, 1.54) is 0 Å². The van der Waals surface area contributed by atoms with E-state index < -0.39 is 0 Å². The molecule has 0 bridgehead atoms. The molecule has 0 aliphatic heterocycles. The summed E-state index contributed by atoms with van der Waals surface area (Å²) < 4.78 is 21.7. The molecular formula is C13H29NO4. The van der Waals surface area contributed by atoms with Crippen LogP contribution in [0.4, 0.5) is 0 Å². The lowest BCUT2D eigenvalue weighted by atomic mass is 10.3. The largest absolute Gasteiger partial charge is 0.382 e. The minimum Gasteiger partial charge on any atom is -0.382 e. The van der Waals surface area contributed by atoms with Crippen molar-refractivity contribution in [3.8, 4) is 0 Å². The Balaban J connectivity index is 3.54. The maximum Gasteiger partial charge on any atom is 0.0781 e. The van der Waals surface area contributed by atoms with Gasteiger partial charge >= 0.3 is 0 Å². The van der Waals surface area contributed by atoms with E-state index in [1.54, 1.807) is 7.11 Å². The summed E-state index contributed by atoms with van der Waals surface area (Å²) in [6.45, 7) is 10.1. The first-order valence-corrected chi connectivity index (χ1v) is 6.55. The lowest BCUT2D eigenvalue weighted by Gasteiger charge is -2.20. The molecule has 2 N–H and O–H groups in total. The van der Waals surface area contributed by atoms with Gasteiger partial charge in [-0.15, -0.1) is 0 Å². The topological polar surface area (TPSA) is 62.9 Å². The Morgan fingerprint density at radius 3 is 1.50 bits per heavy atom. The molecule has 18 heavy (non-hydrogen) atoms. The average Bonchev–Trinajstić information content (AvgIpc) is 2.31. The van der Waals surface area contributed by atoms with Gasteiger partial charge in [-0.3, -0.25) is 0 Å². The Hall–Kier alpha value is -0.200. The molecule has 5 heteroatoms. The highest BCUT2D eigenvalue weighted by Crippen LogP contribution is 2.00. The molecule has 0 amide bonds. The van der Waals surface area contributed by atoms with E-state index in [9.17, 15) is 0 Å². The van der Waals surface area contributed by atoms with Crippen molar-refractivity contribution in [2.75, 3.05) is 33.5 Å². The Morgan fingerprint density at radius 2 is 1.11 bits per heavy atom. The molecule has 4 atom stereocenters. The predicted octanol–water partition coefficient (Wildman–Crippen LogP) is 1.20. The molecule has 0 saturated heterocycles. The van der Waals surface area contributed by atoms with Crippen LogP contribution in [0.5, 0.6) is 0 Å². The molecule has 0 aromatic carbocycles. The van der Waals surface area contributed by atoms with E-state index in [4.69, 9.17) is 24.7 Å². The first-order valence-electron chi connectivity index (χ1n) is 6.55. The fraction of sp³-hybridized carbons (Fsp3) is 1.00. The number of nitrogens with two attached hydrogens (primary N) is 1. The Morgan fingerprint density at radius 1 is 0.722 bits per heavy atom. The van der Waals surface area contributed by atoms with Crippen LogP contribution < -0.4 is 5.73 Å². The van der Waals surface area contributed by atoms with Crippen molar-refractivity contribution in [1.29, 1.82) is 0 Å². The maximum absolute atomic E-state index is 5.63. The minimum absolute atomic E-state index is 0.0469. The van der Waals surface area contributed by atoms with E-state index in [2.05, 4.69) is 0 Å². The van der Waals surface area contributed by atoms with Crippen LogP contribution in [-0.2, 0) is 18.9 Å². The number of hydrogen-bond donors (Lipinski definition) is 1. The fourth-order valence-electron chi connectivity index (χ4n) is 1.29. The zero-order valence-corrected chi connectivity index (χ0v) is 12.3. The number of hydrogen-bond acceptors (Lipinski definition) is 5. The monoisotopic (exact) mass is 263 g/mol. The zero-order chi connectivity index (χ0) is 14.0. The molecule has 0 aliphatic carbocycles. The summed E-state index contributed by atoms with van der Waals surface area (Å²) in [6.07, 6.45) is 0.188. The number of ether oxygens (including phenoxy) is 4. The van der Waals surface area contributed by atoms with Gasteiger partial charge in [0.25, 0.3) is 0 Å². The molecule has 0 aromatic heterocycles. The fourth-order valence-corrected chi connectivity index (χ4v) is 1.29. The van der Waals surface area contributed by atoms with Crippen molar-refractivity contribution in [2.45, 2.75) is 52.0 Å². The van der Waals surface area contributed by atoms with Crippen LogP contribution in [0, 0.1) is 0 Å². The second kappa shape index (κ2) is 10.7. The molecule has 110 valence electrons. The molecule has 0 rings (SSSR count). The van der Waals surface area contributed by atoms with Crippen LogP contribution >= 0.6 is 0 Å². The van der Waals surface area contributed by atoms with Crippen molar-refractivity contribution in [2.24, 2.45) is 5.73 Å². The Labute approximate surface area is 111 Å². The van der Waals surface area contributed by atoms with Crippen LogP contribution in [0.3, 0.4) is 0 Å². The minimum atomic E-state index is 0.0469. The summed E-state index contributed by atoms with van der Waals surface area (Å²) >= 11 is 0. The van der Waals surface area contributed by atoms with Gasteiger partial charge < -0.3 is 24.7 Å². The van der Waals surface area contributed by atoms with Crippen molar-refractivity contribution in [3.63, 3.8) is 0 Å². The van der Waals surface area contributed by atoms with E-state index in [-0.39, 0.29) is 24.4 Å². The van der Waals surface area contributed by atoms with Gasteiger partial charge in [-0.2, -0.15) is 0 Å². The van der Waals surface area contributed by atoms with Gasteiger partial charge in [0, 0.05) is 13.2 Å². The summed E-state index contributed by atoms with van der Waals surface area (Å²) in [5.74, 6) is 0. The summed E-state index contributed by atoms with van der Waals surface area (Å²) in [5.41, 5.74) is 5.61. The molecule has 0 heterocycles.